The molecule has 1 aromatic rings. The van der Waals surface area contributed by atoms with E-state index < -0.39 is 0 Å². The third kappa shape index (κ3) is 3.67. The summed E-state index contributed by atoms with van der Waals surface area (Å²) >= 11 is 0. The quantitative estimate of drug-likeness (QED) is 0.633. The monoisotopic (exact) mass is 264 g/mol. The summed E-state index contributed by atoms with van der Waals surface area (Å²) in [5, 5.41) is 14.2. The number of nitrogens with zero attached hydrogens (tertiary/aromatic N) is 1. The van der Waals surface area contributed by atoms with Crippen molar-refractivity contribution < 1.29 is 9.66 Å². The summed E-state index contributed by atoms with van der Waals surface area (Å²) < 4.78 is 5.82. The molecule has 1 fully saturated rings. The first kappa shape index (κ1) is 13.8. The SMILES string of the molecule is CCNCc1ccc([N+](=O)[O-])c(OC2CCCC2)c1. The van der Waals surface area contributed by atoms with Crippen LogP contribution >= 0.6 is 0 Å². The van der Waals surface area contributed by atoms with Gasteiger partial charge in [0.05, 0.1) is 11.0 Å². The normalized spacial score (nSPS) is 15.6. The van der Waals surface area contributed by atoms with Crippen molar-refractivity contribution in [3.8, 4) is 5.75 Å². The van der Waals surface area contributed by atoms with Crippen molar-refractivity contribution in [2.24, 2.45) is 0 Å². The molecule has 0 spiro atoms. The van der Waals surface area contributed by atoms with Crippen molar-refractivity contribution in [3.63, 3.8) is 0 Å². The van der Waals surface area contributed by atoms with Crippen molar-refractivity contribution in [2.75, 3.05) is 6.54 Å². The molecule has 0 atom stereocenters. The van der Waals surface area contributed by atoms with Gasteiger partial charge < -0.3 is 10.1 Å². The highest BCUT2D eigenvalue weighted by Gasteiger charge is 2.22. The molecule has 2 rings (SSSR count). The highest BCUT2D eigenvalue weighted by Crippen LogP contribution is 2.32. The highest BCUT2D eigenvalue weighted by atomic mass is 16.6. The molecule has 0 unspecified atom stereocenters. The second-order valence-electron chi connectivity index (χ2n) is 4.86. The summed E-state index contributed by atoms with van der Waals surface area (Å²) in [6, 6.07) is 5.11. The molecular formula is C14H20N2O3. The zero-order valence-corrected chi connectivity index (χ0v) is 11.2. The summed E-state index contributed by atoms with van der Waals surface area (Å²) in [5.41, 5.74) is 1.08. The van der Waals surface area contributed by atoms with Crippen LogP contribution in [-0.4, -0.2) is 17.6 Å². The molecule has 1 aliphatic carbocycles. The van der Waals surface area contributed by atoms with E-state index in [9.17, 15) is 10.1 Å². The second kappa shape index (κ2) is 6.52. The number of nitro benzene ring substituents is 1. The van der Waals surface area contributed by atoms with Gasteiger partial charge in [0, 0.05) is 12.6 Å². The van der Waals surface area contributed by atoms with E-state index in [0.717, 1.165) is 37.8 Å². The molecule has 5 nitrogen and oxygen atoms in total. The van der Waals surface area contributed by atoms with E-state index in [2.05, 4.69) is 5.32 Å². The first-order chi connectivity index (χ1) is 9.20. The molecule has 0 amide bonds. The van der Waals surface area contributed by atoms with Crippen LogP contribution in [0.2, 0.25) is 0 Å². The van der Waals surface area contributed by atoms with E-state index in [-0.39, 0.29) is 16.7 Å². The molecule has 1 aliphatic rings. The van der Waals surface area contributed by atoms with Crippen LogP contribution in [0, 0.1) is 10.1 Å². The topological polar surface area (TPSA) is 64.4 Å². The van der Waals surface area contributed by atoms with E-state index >= 15 is 0 Å². The van der Waals surface area contributed by atoms with E-state index in [0.29, 0.717) is 12.3 Å². The van der Waals surface area contributed by atoms with E-state index in [4.69, 9.17) is 4.74 Å². The number of nitrogens with one attached hydrogen (secondary N) is 1. The fourth-order valence-corrected chi connectivity index (χ4v) is 2.37. The molecule has 0 bridgehead atoms. The van der Waals surface area contributed by atoms with Crippen LogP contribution in [0.15, 0.2) is 18.2 Å². The Hall–Kier alpha value is -1.62. The third-order valence-corrected chi connectivity index (χ3v) is 3.40. The van der Waals surface area contributed by atoms with E-state index in [1.807, 2.05) is 6.92 Å². The van der Waals surface area contributed by atoms with Gasteiger partial charge in [-0.2, -0.15) is 0 Å². The highest BCUT2D eigenvalue weighted by molar-refractivity contribution is 5.48. The molecule has 104 valence electrons. The molecule has 0 saturated heterocycles. The number of hydrogen-bond donors (Lipinski definition) is 1. The molecule has 0 aromatic heterocycles. The Morgan fingerprint density at radius 3 is 2.79 bits per heavy atom. The van der Waals surface area contributed by atoms with Crippen LogP contribution in [0.4, 0.5) is 5.69 Å². The lowest BCUT2D eigenvalue weighted by molar-refractivity contribution is -0.386. The predicted molar refractivity (Wildman–Crippen MR) is 73.4 cm³/mol. The average molecular weight is 264 g/mol. The predicted octanol–water partition coefficient (Wildman–Crippen LogP) is 3.03. The van der Waals surface area contributed by atoms with Crippen LogP contribution in [-0.2, 0) is 6.54 Å². The van der Waals surface area contributed by atoms with Crippen molar-refractivity contribution in [3.05, 3.63) is 33.9 Å². The Labute approximate surface area is 113 Å². The van der Waals surface area contributed by atoms with Gasteiger partial charge in [-0.15, -0.1) is 0 Å². The van der Waals surface area contributed by atoms with E-state index in [1.54, 1.807) is 12.1 Å². The maximum absolute atomic E-state index is 11.0. The smallest absolute Gasteiger partial charge is 0.310 e. The molecule has 1 aromatic carbocycles. The van der Waals surface area contributed by atoms with Gasteiger partial charge in [0.1, 0.15) is 0 Å². The zero-order chi connectivity index (χ0) is 13.7. The van der Waals surface area contributed by atoms with Gasteiger partial charge in [-0.05, 0) is 43.9 Å². The van der Waals surface area contributed by atoms with Gasteiger partial charge in [-0.25, -0.2) is 0 Å². The lowest BCUT2D eigenvalue weighted by atomic mass is 10.2. The lowest BCUT2D eigenvalue weighted by Crippen LogP contribution is -2.14. The molecule has 0 heterocycles. The van der Waals surface area contributed by atoms with Crippen LogP contribution in [0.25, 0.3) is 0 Å². The maximum Gasteiger partial charge on any atom is 0.310 e. The summed E-state index contributed by atoms with van der Waals surface area (Å²) in [7, 11) is 0. The molecule has 0 radical (unpaired) electrons. The minimum Gasteiger partial charge on any atom is -0.483 e. The second-order valence-corrected chi connectivity index (χ2v) is 4.86. The van der Waals surface area contributed by atoms with Crippen molar-refractivity contribution in [2.45, 2.75) is 45.3 Å². The Bertz CT molecular complexity index is 442. The Balaban J connectivity index is 2.17. The van der Waals surface area contributed by atoms with Crippen molar-refractivity contribution in [1.82, 2.24) is 5.32 Å². The third-order valence-electron chi connectivity index (χ3n) is 3.40. The van der Waals surface area contributed by atoms with Crippen LogP contribution in [0.1, 0.15) is 38.2 Å². The molecule has 5 heteroatoms. The number of nitro groups is 1. The average Bonchev–Trinajstić information content (AvgIpc) is 2.89. The van der Waals surface area contributed by atoms with Gasteiger partial charge in [0.2, 0.25) is 0 Å². The molecular weight excluding hydrogens is 244 g/mol. The Morgan fingerprint density at radius 1 is 1.42 bits per heavy atom. The number of hydrogen-bond acceptors (Lipinski definition) is 4. The largest absolute Gasteiger partial charge is 0.483 e. The fraction of sp³-hybridized carbons (Fsp3) is 0.571. The van der Waals surface area contributed by atoms with Crippen LogP contribution in [0.5, 0.6) is 5.75 Å². The molecule has 19 heavy (non-hydrogen) atoms. The standard InChI is InChI=1S/C14H20N2O3/c1-2-15-10-11-7-8-13(16(17)18)14(9-11)19-12-5-3-4-6-12/h7-9,12,15H,2-6,10H2,1H3. The fourth-order valence-electron chi connectivity index (χ4n) is 2.37. The van der Waals surface area contributed by atoms with Crippen molar-refractivity contribution in [1.29, 1.82) is 0 Å². The minimum absolute atomic E-state index is 0.0622. The van der Waals surface area contributed by atoms with Gasteiger partial charge in [0.25, 0.3) is 0 Å². The Kier molecular flexibility index (Phi) is 4.74. The van der Waals surface area contributed by atoms with E-state index in [1.165, 1.54) is 6.07 Å². The van der Waals surface area contributed by atoms with Gasteiger partial charge in [0.15, 0.2) is 5.75 Å². The first-order valence-electron chi connectivity index (χ1n) is 6.85. The summed E-state index contributed by atoms with van der Waals surface area (Å²) in [6.07, 6.45) is 4.42. The first-order valence-corrected chi connectivity index (χ1v) is 6.85. The minimum atomic E-state index is -0.374. The van der Waals surface area contributed by atoms with Gasteiger partial charge in [-0.1, -0.05) is 13.0 Å². The van der Waals surface area contributed by atoms with Gasteiger partial charge >= 0.3 is 5.69 Å². The summed E-state index contributed by atoms with van der Waals surface area (Å²) in [5.74, 6) is 0.410. The lowest BCUT2D eigenvalue weighted by Gasteiger charge is -2.14. The molecule has 0 aliphatic heterocycles. The number of benzene rings is 1. The van der Waals surface area contributed by atoms with Crippen LogP contribution in [0.3, 0.4) is 0 Å². The maximum atomic E-state index is 11.0. The molecule has 1 N–H and O–H groups in total. The number of rotatable bonds is 6. The summed E-state index contributed by atoms with van der Waals surface area (Å²) in [6.45, 7) is 3.60. The number of ether oxygens (including phenoxy) is 1. The Morgan fingerprint density at radius 2 is 2.16 bits per heavy atom. The summed E-state index contributed by atoms with van der Waals surface area (Å²) in [4.78, 5) is 10.7. The van der Waals surface area contributed by atoms with Crippen LogP contribution < -0.4 is 10.1 Å². The van der Waals surface area contributed by atoms with Gasteiger partial charge in [-0.3, -0.25) is 10.1 Å². The van der Waals surface area contributed by atoms with Crippen molar-refractivity contribution >= 4 is 5.69 Å². The molecule has 1 saturated carbocycles. The zero-order valence-electron chi connectivity index (χ0n) is 11.2.